The minimum Gasteiger partial charge on any atom is -0.348 e. The fourth-order valence-electron chi connectivity index (χ4n) is 3.05. The van der Waals surface area contributed by atoms with Crippen LogP contribution >= 0.6 is 0 Å². The number of nitrogens with one attached hydrogen (secondary N) is 2. The number of halogens is 3. The van der Waals surface area contributed by atoms with Crippen molar-refractivity contribution in [1.29, 1.82) is 0 Å². The topological polar surface area (TPSA) is 66.9 Å². The number of hydrogen-bond donors (Lipinski definition) is 2. The quantitative estimate of drug-likeness (QED) is 0.852. The molecule has 1 aliphatic carbocycles. The van der Waals surface area contributed by atoms with Crippen molar-refractivity contribution in [3.63, 3.8) is 0 Å². The molecule has 0 atom stereocenters. The van der Waals surface area contributed by atoms with E-state index in [1.165, 1.54) is 24.3 Å². The van der Waals surface area contributed by atoms with Crippen molar-refractivity contribution in [2.24, 2.45) is 0 Å². The fraction of sp³-hybridized carbons (Fsp3) is 0.389. The molecule has 8 heteroatoms. The highest BCUT2D eigenvalue weighted by atomic mass is 19.4. The molecule has 1 aromatic heterocycles. The second kappa shape index (κ2) is 7.31. The number of benzene rings is 1. The third kappa shape index (κ3) is 4.30. The Morgan fingerprint density at radius 2 is 1.85 bits per heavy atom. The second-order valence-electron chi connectivity index (χ2n) is 6.31. The highest BCUT2D eigenvalue weighted by Crippen LogP contribution is 2.35. The average molecular weight is 364 g/mol. The van der Waals surface area contributed by atoms with Gasteiger partial charge in [0.05, 0.1) is 11.3 Å². The Labute approximate surface area is 149 Å². The minimum absolute atomic E-state index is 0.125. The average Bonchev–Trinajstić information content (AvgIpc) is 3.07. The van der Waals surface area contributed by atoms with Crippen LogP contribution in [0.15, 0.2) is 30.3 Å². The van der Waals surface area contributed by atoms with Crippen LogP contribution in [-0.2, 0) is 6.18 Å². The largest absolute Gasteiger partial charge is 0.418 e. The molecule has 1 heterocycles. The first-order chi connectivity index (χ1) is 12.3. The Morgan fingerprint density at radius 1 is 1.15 bits per heavy atom. The maximum atomic E-state index is 13.1. The van der Waals surface area contributed by atoms with Gasteiger partial charge in [-0.05, 0) is 31.9 Å². The molecule has 1 fully saturated rings. The predicted molar refractivity (Wildman–Crippen MR) is 91.2 cm³/mol. The van der Waals surface area contributed by atoms with E-state index in [-0.39, 0.29) is 29.1 Å². The standard InChI is InChI=1S/C18H19F3N4O/c1-11-22-15(17(26)24-12-6-2-3-7-12)10-16(23-11)25-14-9-5-4-8-13(14)18(19,20)21/h4-5,8-10,12H,2-3,6-7H2,1H3,(H,24,26)(H,22,23,25). The van der Waals surface area contributed by atoms with E-state index in [1.807, 2.05) is 0 Å². The number of alkyl halides is 3. The molecule has 1 saturated carbocycles. The van der Waals surface area contributed by atoms with Crippen molar-refractivity contribution in [3.05, 3.63) is 47.4 Å². The van der Waals surface area contributed by atoms with Crippen LogP contribution in [0.3, 0.4) is 0 Å². The maximum absolute atomic E-state index is 13.1. The van der Waals surface area contributed by atoms with Crippen molar-refractivity contribution >= 4 is 17.4 Å². The molecule has 1 aromatic carbocycles. The summed E-state index contributed by atoms with van der Waals surface area (Å²) < 4.78 is 39.4. The number of para-hydroxylation sites is 1. The SMILES string of the molecule is Cc1nc(Nc2ccccc2C(F)(F)F)cc(C(=O)NC2CCCC2)n1. The number of aromatic nitrogens is 2. The number of carbonyl (C=O) groups is 1. The summed E-state index contributed by atoms with van der Waals surface area (Å²) in [4.78, 5) is 20.6. The Balaban J connectivity index is 1.83. The van der Waals surface area contributed by atoms with E-state index < -0.39 is 11.7 Å². The Bertz CT molecular complexity index is 801. The van der Waals surface area contributed by atoms with Crippen LogP contribution in [0.4, 0.5) is 24.7 Å². The van der Waals surface area contributed by atoms with Gasteiger partial charge in [-0.25, -0.2) is 9.97 Å². The summed E-state index contributed by atoms with van der Waals surface area (Å²) >= 11 is 0. The molecule has 2 N–H and O–H groups in total. The normalized spacial score (nSPS) is 15.1. The second-order valence-corrected chi connectivity index (χ2v) is 6.31. The summed E-state index contributed by atoms with van der Waals surface area (Å²) in [6.07, 6.45) is -0.475. The summed E-state index contributed by atoms with van der Waals surface area (Å²) in [5.74, 6) is 0.108. The van der Waals surface area contributed by atoms with Crippen LogP contribution in [0, 0.1) is 6.92 Å². The smallest absolute Gasteiger partial charge is 0.348 e. The van der Waals surface area contributed by atoms with Crippen molar-refractivity contribution in [3.8, 4) is 0 Å². The Hall–Kier alpha value is -2.64. The third-order valence-electron chi connectivity index (χ3n) is 4.26. The van der Waals surface area contributed by atoms with Gasteiger partial charge in [-0.15, -0.1) is 0 Å². The van der Waals surface area contributed by atoms with Gasteiger partial charge in [0.15, 0.2) is 0 Å². The Kier molecular flexibility index (Phi) is 5.11. The van der Waals surface area contributed by atoms with E-state index in [2.05, 4.69) is 20.6 Å². The first-order valence-corrected chi connectivity index (χ1v) is 8.43. The van der Waals surface area contributed by atoms with E-state index in [1.54, 1.807) is 6.92 Å². The molecule has 0 radical (unpaired) electrons. The molecule has 0 unspecified atom stereocenters. The number of carbonyl (C=O) groups excluding carboxylic acids is 1. The molecular weight excluding hydrogens is 345 g/mol. The van der Waals surface area contributed by atoms with Gasteiger partial charge < -0.3 is 10.6 Å². The predicted octanol–water partition coefficient (Wildman–Crippen LogP) is 4.22. The fourth-order valence-corrected chi connectivity index (χ4v) is 3.05. The van der Waals surface area contributed by atoms with E-state index in [0.717, 1.165) is 31.7 Å². The van der Waals surface area contributed by atoms with Gasteiger partial charge in [0, 0.05) is 12.1 Å². The van der Waals surface area contributed by atoms with Crippen LogP contribution in [0.2, 0.25) is 0 Å². The minimum atomic E-state index is -4.49. The number of anilines is 2. The van der Waals surface area contributed by atoms with Gasteiger partial charge in [-0.1, -0.05) is 25.0 Å². The van der Waals surface area contributed by atoms with Gasteiger partial charge in [0.2, 0.25) is 0 Å². The lowest BCUT2D eigenvalue weighted by atomic mass is 10.1. The number of nitrogens with zero attached hydrogens (tertiary/aromatic N) is 2. The van der Waals surface area contributed by atoms with E-state index >= 15 is 0 Å². The lowest BCUT2D eigenvalue weighted by Crippen LogP contribution is -2.33. The van der Waals surface area contributed by atoms with Crippen molar-refractivity contribution < 1.29 is 18.0 Å². The van der Waals surface area contributed by atoms with Crippen molar-refractivity contribution in [2.45, 2.75) is 44.8 Å². The molecule has 5 nitrogen and oxygen atoms in total. The number of amides is 1. The number of aryl methyl sites for hydroxylation is 1. The molecule has 2 aromatic rings. The van der Waals surface area contributed by atoms with Gasteiger partial charge >= 0.3 is 6.18 Å². The summed E-state index contributed by atoms with van der Waals surface area (Å²) in [5.41, 5.74) is -0.787. The van der Waals surface area contributed by atoms with E-state index in [0.29, 0.717) is 5.82 Å². The van der Waals surface area contributed by atoms with Gasteiger partial charge in [0.1, 0.15) is 17.3 Å². The first kappa shape index (κ1) is 18.2. The summed E-state index contributed by atoms with van der Waals surface area (Å²) in [6.45, 7) is 1.59. The first-order valence-electron chi connectivity index (χ1n) is 8.43. The van der Waals surface area contributed by atoms with Crippen LogP contribution in [0.25, 0.3) is 0 Å². The molecule has 0 saturated heterocycles. The van der Waals surface area contributed by atoms with Gasteiger partial charge in [-0.2, -0.15) is 13.2 Å². The molecular formula is C18H19F3N4O. The molecule has 26 heavy (non-hydrogen) atoms. The zero-order valence-corrected chi connectivity index (χ0v) is 14.2. The molecule has 3 rings (SSSR count). The van der Waals surface area contributed by atoms with Crippen molar-refractivity contribution in [1.82, 2.24) is 15.3 Å². The summed E-state index contributed by atoms with van der Waals surface area (Å²) in [7, 11) is 0. The maximum Gasteiger partial charge on any atom is 0.418 e. The lowest BCUT2D eigenvalue weighted by molar-refractivity contribution is -0.136. The zero-order valence-electron chi connectivity index (χ0n) is 14.2. The number of hydrogen-bond acceptors (Lipinski definition) is 4. The zero-order chi connectivity index (χ0) is 18.7. The molecule has 0 spiro atoms. The molecule has 1 aliphatic rings. The molecule has 0 aliphatic heterocycles. The monoisotopic (exact) mass is 364 g/mol. The summed E-state index contributed by atoms with van der Waals surface area (Å²) in [5, 5.41) is 5.57. The van der Waals surface area contributed by atoms with Gasteiger partial charge in [-0.3, -0.25) is 4.79 Å². The van der Waals surface area contributed by atoms with Crippen molar-refractivity contribution in [2.75, 3.05) is 5.32 Å². The third-order valence-corrected chi connectivity index (χ3v) is 4.26. The molecule has 1 amide bonds. The highest BCUT2D eigenvalue weighted by molar-refractivity contribution is 5.93. The van der Waals surface area contributed by atoms with Crippen LogP contribution < -0.4 is 10.6 Å². The summed E-state index contributed by atoms with van der Waals surface area (Å²) in [6, 6.07) is 6.62. The van der Waals surface area contributed by atoms with Gasteiger partial charge in [0.25, 0.3) is 5.91 Å². The lowest BCUT2D eigenvalue weighted by Gasteiger charge is -2.15. The van der Waals surface area contributed by atoms with E-state index in [9.17, 15) is 18.0 Å². The number of rotatable bonds is 4. The van der Waals surface area contributed by atoms with Crippen LogP contribution in [0.5, 0.6) is 0 Å². The highest BCUT2D eigenvalue weighted by Gasteiger charge is 2.33. The van der Waals surface area contributed by atoms with Crippen LogP contribution in [0.1, 0.15) is 47.6 Å². The molecule has 138 valence electrons. The van der Waals surface area contributed by atoms with E-state index in [4.69, 9.17) is 0 Å². The Morgan fingerprint density at radius 3 is 2.54 bits per heavy atom. The molecule has 0 bridgehead atoms. The van der Waals surface area contributed by atoms with Crippen LogP contribution in [-0.4, -0.2) is 21.9 Å².